The average Bonchev–Trinajstić information content (AvgIpc) is 2.92. The standard InChI is InChI=1S/3C12H25.CH3.Sn/c3*1-3-5-7-9-11-12-10-8-6-4-2;;/h3*1,3-12H2,2H3;1H3;. The third-order valence-electron chi connectivity index (χ3n) is 9.40. The summed E-state index contributed by atoms with van der Waals surface area (Å²) in [6, 6.07) is 0. The van der Waals surface area contributed by atoms with E-state index in [0.717, 1.165) is 0 Å². The number of hydrogen-bond acceptors (Lipinski definition) is 0. The summed E-state index contributed by atoms with van der Waals surface area (Å²) in [6.07, 6.45) is 44.8. The molecule has 1 heteroatoms. The molecular formula is C37H78Sn. The molecule has 0 aromatic rings. The Morgan fingerprint density at radius 3 is 0.579 bits per heavy atom. The Bertz CT molecular complexity index is 357. The van der Waals surface area contributed by atoms with Gasteiger partial charge in [-0.1, -0.05) is 0 Å². The monoisotopic (exact) mass is 643 g/mol. The molecule has 0 saturated heterocycles. The van der Waals surface area contributed by atoms with Crippen LogP contribution in [0, 0.1) is 0 Å². The Labute approximate surface area is 248 Å². The van der Waals surface area contributed by atoms with E-state index < -0.39 is 18.4 Å². The third kappa shape index (κ3) is 29.8. The Morgan fingerprint density at radius 2 is 0.395 bits per heavy atom. The van der Waals surface area contributed by atoms with Gasteiger partial charge in [0, 0.05) is 0 Å². The zero-order valence-electron chi connectivity index (χ0n) is 27.8. The molecule has 0 unspecified atom stereocenters. The van der Waals surface area contributed by atoms with Crippen molar-refractivity contribution < 1.29 is 0 Å². The van der Waals surface area contributed by atoms with Crippen molar-refractivity contribution >= 4 is 18.4 Å². The fourth-order valence-corrected chi connectivity index (χ4v) is 18.1. The molecule has 0 amide bonds. The first-order chi connectivity index (χ1) is 18.7. The predicted molar refractivity (Wildman–Crippen MR) is 182 cm³/mol. The van der Waals surface area contributed by atoms with E-state index in [9.17, 15) is 0 Å². The van der Waals surface area contributed by atoms with Crippen LogP contribution in [-0.4, -0.2) is 18.4 Å². The zero-order chi connectivity index (χ0) is 27.8. The van der Waals surface area contributed by atoms with Crippen LogP contribution in [0.25, 0.3) is 0 Å². The van der Waals surface area contributed by atoms with Crippen LogP contribution >= 0.6 is 0 Å². The minimum absolute atomic E-state index is 1.38. The van der Waals surface area contributed by atoms with Crippen molar-refractivity contribution in [3.8, 4) is 0 Å². The SMILES string of the molecule is CCCCCCCCCCC[CH2][Sn]([CH3])([CH2]CCCCCCCCCCC)[CH2]CCCCCCCCCCC. The van der Waals surface area contributed by atoms with Crippen molar-refractivity contribution in [3.05, 3.63) is 0 Å². The molecule has 0 aliphatic carbocycles. The quantitative estimate of drug-likeness (QED) is 0.0494. The molecule has 0 radical (unpaired) electrons. The van der Waals surface area contributed by atoms with E-state index in [1.165, 1.54) is 173 Å². The average molecular weight is 642 g/mol. The number of rotatable bonds is 33. The summed E-state index contributed by atoms with van der Waals surface area (Å²) in [5.74, 6) is 0. The predicted octanol–water partition coefficient (Wildman–Crippen LogP) is 14.8. The van der Waals surface area contributed by atoms with Crippen molar-refractivity contribution in [1.82, 2.24) is 0 Å². The van der Waals surface area contributed by atoms with Gasteiger partial charge in [0.2, 0.25) is 0 Å². The maximum atomic E-state index is 2.88. The summed E-state index contributed by atoms with van der Waals surface area (Å²) in [6.45, 7) is 6.98. The van der Waals surface area contributed by atoms with E-state index in [0.29, 0.717) is 0 Å². The van der Waals surface area contributed by atoms with Gasteiger partial charge in [-0.2, -0.15) is 0 Å². The molecule has 0 atom stereocenters. The molecule has 0 rings (SSSR count). The fraction of sp³-hybridized carbons (Fsp3) is 1.00. The van der Waals surface area contributed by atoms with Crippen LogP contribution in [0.5, 0.6) is 0 Å². The third-order valence-corrected chi connectivity index (χ3v) is 22.8. The van der Waals surface area contributed by atoms with Gasteiger partial charge in [0.1, 0.15) is 0 Å². The van der Waals surface area contributed by atoms with Crippen LogP contribution in [0.3, 0.4) is 0 Å². The van der Waals surface area contributed by atoms with Gasteiger partial charge in [-0.25, -0.2) is 0 Å². The number of hydrogen-bond donors (Lipinski definition) is 0. The van der Waals surface area contributed by atoms with Crippen LogP contribution < -0.4 is 0 Å². The van der Waals surface area contributed by atoms with Crippen LogP contribution in [-0.2, 0) is 0 Å². The Hall–Kier alpha value is 0.799. The Balaban J connectivity index is 4.06. The Morgan fingerprint density at radius 1 is 0.237 bits per heavy atom. The normalized spacial score (nSPS) is 12.0. The van der Waals surface area contributed by atoms with E-state index in [2.05, 4.69) is 25.7 Å². The second kappa shape index (κ2) is 32.3. The van der Waals surface area contributed by atoms with E-state index in [-0.39, 0.29) is 0 Å². The van der Waals surface area contributed by atoms with Gasteiger partial charge < -0.3 is 0 Å². The first kappa shape index (κ1) is 38.8. The molecule has 0 spiro atoms. The topological polar surface area (TPSA) is 0 Å². The second-order valence-corrected chi connectivity index (χ2v) is 28.2. The van der Waals surface area contributed by atoms with Crippen molar-refractivity contribution in [2.45, 2.75) is 232 Å². The van der Waals surface area contributed by atoms with E-state index >= 15 is 0 Å². The number of unbranched alkanes of at least 4 members (excludes halogenated alkanes) is 27. The van der Waals surface area contributed by atoms with E-state index in [4.69, 9.17) is 0 Å². The first-order valence-corrected chi connectivity index (χ1v) is 27.6. The molecule has 0 nitrogen and oxygen atoms in total. The van der Waals surface area contributed by atoms with Crippen molar-refractivity contribution in [1.29, 1.82) is 0 Å². The first-order valence-electron chi connectivity index (χ1n) is 18.7. The van der Waals surface area contributed by atoms with Crippen LogP contribution in [0.2, 0.25) is 18.2 Å². The summed E-state index contributed by atoms with van der Waals surface area (Å²) < 4.78 is 5.13. The van der Waals surface area contributed by atoms with Crippen LogP contribution in [0.4, 0.5) is 0 Å². The summed E-state index contributed by atoms with van der Waals surface area (Å²) in [7, 11) is 0. The van der Waals surface area contributed by atoms with Crippen LogP contribution in [0.15, 0.2) is 0 Å². The van der Waals surface area contributed by atoms with Crippen molar-refractivity contribution in [3.63, 3.8) is 0 Å². The van der Waals surface area contributed by atoms with Gasteiger partial charge in [0.15, 0.2) is 0 Å². The molecular weight excluding hydrogens is 563 g/mol. The van der Waals surface area contributed by atoms with Crippen LogP contribution in [0.1, 0.15) is 213 Å². The van der Waals surface area contributed by atoms with Gasteiger partial charge in [-0.05, 0) is 0 Å². The molecule has 0 N–H and O–H groups in total. The molecule has 0 aromatic carbocycles. The molecule has 0 aromatic heterocycles. The van der Waals surface area contributed by atoms with Gasteiger partial charge in [0.05, 0.1) is 0 Å². The Kier molecular flexibility index (Phi) is 33.0. The van der Waals surface area contributed by atoms with E-state index in [1.807, 2.05) is 0 Å². The summed E-state index contributed by atoms with van der Waals surface area (Å²) in [5, 5.41) is 0. The summed E-state index contributed by atoms with van der Waals surface area (Å²) >= 11 is -1.86. The molecule has 0 aliphatic rings. The summed E-state index contributed by atoms with van der Waals surface area (Å²) in [5.41, 5.74) is 0. The van der Waals surface area contributed by atoms with Gasteiger partial charge in [-0.3, -0.25) is 0 Å². The van der Waals surface area contributed by atoms with Gasteiger partial charge >= 0.3 is 250 Å². The van der Waals surface area contributed by atoms with Gasteiger partial charge in [-0.15, -0.1) is 0 Å². The molecule has 0 fully saturated rings. The minimum atomic E-state index is -1.86. The fourth-order valence-electron chi connectivity index (χ4n) is 6.49. The molecule has 0 saturated carbocycles. The summed E-state index contributed by atoms with van der Waals surface area (Å²) in [4.78, 5) is 2.88. The molecule has 0 heterocycles. The zero-order valence-corrected chi connectivity index (χ0v) is 30.7. The van der Waals surface area contributed by atoms with Crippen molar-refractivity contribution in [2.75, 3.05) is 0 Å². The van der Waals surface area contributed by atoms with Crippen molar-refractivity contribution in [2.24, 2.45) is 0 Å². The molecule has 230 valence electrons. The molecule has 38 heavy (non-hydrogen) atoms. The second-order valence-electron chi connectivity index (χ2n) is 13.6. The van der Waals surface area contributed by atoms with Gasteiger partial charge in [0.25, 0.3) is 0 Å². The molecule has 0 aliphatic heterocycles. The maximum absolute atomic E-state index is 2.88. The van der Waals surface area contributed by atoms with E-state index in [1.54, 1.807) is 32.6 Å². The molecule has 0 bridgehead atoms.